The maximum Gasteiger partial charge on any atom is 0.258 e. The van der Waals surface area contributed by atoms with E-state index in [-0.39, 0.29) is 28.7 Å². The molecule has 0 saturated heterocycles. The summed E-state index contributed by atoms with van der Waals surface area (Å²) in [5.74, 6) is 0. The van der Waals surface area contributed by atoms with Crippen LogP contribution in [0.5, 0.6) is 0 Å². The molecule has 0 aliphatic carbocycles. The van der Waals surface area contributed by atoms with E-state index in [1.165, 1.54) is 6.20 Å². The van der Waals surface area contributed by atoms with Crippen LogP contribution in [-0.4, -0.2) is 29.8 Å². The summed E-state index contributed by atoms with van der Waals surface area (Å²) in [5, 5.41) is 15.0. The summed E-state index contributed by atoms with van der Waals surface area (Å²) in [7, 11) is -3.67. The normalized spacial score (nSPS) is 14.9. The molecular weight excluding hydrogens is 242 g/mol. The zero-order valence-electron chi connectivity index (χ0n) is 10.5. The Hall–Kier alpha value is -0.920. The van der Waals surface area contributed by atoms with Gasteiger partial charge in [0.1, 0.15) is 0 Å². The Morgan fingerprint density at radius 2 is 2.12 bits per heavy atom. The quantitative estimate of drug-likeness (QED) is 0.740. The smallest absolute Gasteiger partial charge is 0.258 e. The van der Waals surface area contributed by atoms with Gasteiger partial charge < -0.3 is 5.11 Å². The number of aliphatic hydroxyl groups excluding tert-OH is 1. The molecule has 0 fully saturated rings. The molecule has 17 heavy (non-hydrogen) atoms. The van der Waals surface area contributed by atoms with Crippen LogP contribution < -0.4 is 4.72 Å². The highest BCUT2D eigenvalue weighted by Gasteiger charge is 2.28. The van der Waals surface area contributed by atoms with E-state index in [1.807, 2.05) is 20.8 Å². The minimum Gasteiger partial charge on any atom is -0.392 e. The number of aliphatic hydroxyl groups is 1. The average Bonchev–Trinajstić information content (AvgIpc) is 2.63. The van der Waals surface area contributed by atoms with Crippen molar-refractivity contribution in [1.82, 2.24) is 14.9 Å². The second-order valence-corrected chi connectivity index (χ2v) is 6.74. The topological polar surface area (TPSA) is 95.1 Å². The van der Waals surface area contributed by atoms with Crippen LogP contribution in [0.1, 0.15) is 33.3 Å². The zero-order chi connectivity index (χ0) is 13.3. The van der Waals surface area contributed by atoms with Crippen LogP contribution in [-0.2, 0) is 16.6 Å². The molecule has 0 saturated carbocycles. The molecule has 1 atom stereocenters. The first-order chi connectivity index (χ1) is 7.68. The van der Waals surface area contributed by atoms with E-state index >= 15 is 0 Å². The molecule has 0 amide bonds. The van der Waals surface area contributed by atoms with Gasteiger partial charge in [0.25, 0.3) is 10.0 Å². The minimum absolute atomic E-state index is 0.0731. The lowest BCUT2D eigenvalue weighted by molar-refractivity contribution is 0.278. The molecule has 0 radical (unpaired) electrons. The number of hydrogen-bond donors (Lipinski definition) is 3. The van der Waals surface area contributed by atoms with Crippen molar-refractivity contribution in [3.63, 3.8) is 0 Å². The van der Waals surface area contributed by atoms with Crippen molar-refractivity contribution < 1.29 is 13.5 Å². The van der Waals surface area contributed by atoms with E-state index in [1.54, 1.807) is 6.92 Å². The van der Waals surface area contributed by atoms with E-state index in [0.29, 0.717) is 0 Å². The van der Waals surface area contributed by atoms with Crippen molar-refractivity contribution in [3.05, 3.63) is 11.8 Å². The molecule has 6 nitrogen and oxygen atoms in total. The highest BCUT2D eigenvalue weighted by molar-refractivity contribution is 7.89. The Kier molecular flexibility index (Phi) is 3.95. The van der Waals surface area contributed by atoms with Gasteiger partial charge in [0.15, 0.2) is 5.03 Å². The van der Waals surface area contributed by atoms with Gasteiger partial charge in [-0.25, -0.2) is 13.1 Å². The number of rotatable bonds is 4. The number of nitrogens with zero attached hydrogens (tertiary/aromatic N) is 1. The predicted octanol–water partition coefficient (Wildman–Crippen LogP) is 0.615. The number of aromatic amines is 1. The Morgan fingerprint density at radius 1 is 1.53 bits per heavy atom. The first kappa shape index (κ1) is 14.1. The van der Waals surface area contributed by atoms with Crippen molar-refractivity contribution in [3.8, 4) is 0 Å². The summed E-state index contributed by atoms with van der Waals surface area (Å²) in [4.78, 5) is 0. The Morgan fingerprint density at radius 3 is 2.59 bits per heavy atom. The standard InChI is InChI=1S/C10H19N3O3S/c1-7(10(2,3)4)13-17(15,16)9-8(6-14)5-11-12-9/h5,7,13-14H,6H2,1-4H3,(H,11,12). The fourth-order valence-corrected chi connectivity index (χ4v) is 2.69. The summed E-state index contributed by atoms with van der Waals surface area (Å²) in [6.45, 7) is 7.27. The lowest BCUT2D eigenvalue weighted by Gasteiger charge is -2.27. The molecule has 3 N–H and O–H groups in total. The Bertz CT molecular complexity index is 473. The van der Waals surface area contributed by atoms with Gasteiger partial charge in [0, 0.05) is 11.6 Å². The highest BCUT2D eigenvalue weighted by atomic mass is 32.2. The molecule has 98 valence electrons. The molecule has 1 heterocycles. The van der Waals surface area contributed by atoms with Gasteiger partial charge in [-0.1, -0.05) is 20.8 Å². The SMILES string of the molecule is CC(NS(=O)(=O)c1[nH]ncc1CO)C(C)(C)C. The van der Waals surface area contributed by atoms with Gasteiger partial charge >= 0.3 is 0 Å². The predicted molar refractivity (Wildman–Crippen MR) is 63.7 cm³/mol. The number of hydrogen-bond acceptors (Lipinski definition) is 4. The monoisotopic (exact) mass is 261 g/mol. The lowest BCUT2D eigenvalue weighted by Crippen LogP contribution is -2.41. The van der Waals surface area contributed by atoms with Crippen molar-refractivity contribution in [2.75, 3.05) is 0 Å². The molecule has 1 rings (SSSR count). The number of H-pyrrole nitrogens is 1. The van der Waals surface area contributed by atoms with Crippen molar-refractivity contribution in [2.24, 2.45) is 5.41 Å². The second kappa shape index (κ2) is 4.75. The van der Waals surface area contributed by atoms with Gasteiger partial charge in [-0.2, -0.15) is 5.10 Å². The highest BCUT2D eigenvalue weighted by Crippen LogP contribution is 2.21. The molecule has 1 aromatic rings. The van der Waals surface area contributed by atoms with E-state index in [2.05, 4.69) is 14.9 Å². The summed E-state index contributed by atoms with van der Waals surface area (Å²) in [5.41, 5.74) is 0.0746. The van der Waals surface area contributed by atoms with E-state index < -0.39 is 10.0 Å². The molecule has 0 aliphatic heterocycles. The maximum absolute atomic E-state index is 12.0. The third kappa shape index (κ3) is 3.27. The molecule has 0 aliphatic rings. The maximum atomic E-state index is 12.0. The summed E-state index contributed by atoms with van der Waals surface area (Å²) >= 11 is 0. The Balaban J connectivity index is 2.98. The third-order valence-electron chi connectivity index (χ3n) is 2.75. The number of aromatic nitrogens is 2. The van der Waals surface area contributed by atoms with Crippen LogP contribution in [0.4, 0.5) is 0 Å². The van der Waals surface area contributed by atoms with Crippen molar-refractivity contribution in [1.29, 1.82) is 0 Å². The molecule has 7 heteroatoms. The fourth-order valence-electron chi connectivity index (χ4n) is 1.11. The summed E-state index contributed by atoms with van der Waals surface area (Å²) in [6, 6.07) is -0.234. The third-order valence-corrected chi connectivity index (χ3v) is 4.30. The van der Waals surface area contributed by atoms with E-state index in [0.717, 1.165) is 0 Å². The van der Waals surface area contributed by atoms with E-state index in [9.17, 15) is 8.42 Å². The van der Waals surface area contributed by atoms with Gasteiger partial charge in [-0.15, -0.1) is 0 Å². The molecule has 1 unspecified atom stereocenters. The van der Waals surface area contributed by atoms with Gasteiger partial charge in [0.2, 0.25) is 0 Å². The summed E-state index contributed by atoms with van der Waals surface area (Å²) in [6.07, 6.45) is 1.30. The average molecular weight is 261 g/mol. The van der Waals surface area contributed by atoms with Gasteiger partial charge in [0.05, 0.1) is 12.8 Å². The molecule has 1 aromatic heterocycles. The minimum atomic E-state index is -3.67. The first-order valence-corrected chi connectivity index (χ1v) is 6.82. The van der Waals surface area contributed by atoms with Crippen LogP contribution in [0.15, 0.2) is 11.2 Å². The number of sulfonamides is 1. The van der Waals surface area contributed by atoms with Crippen LogP contribution in [0, 0.1) is 5.41 Å². The molecular formula is C10H19N3O3S. The van der Waals surface area contributed by atoms with Crippen LogP contribution in [0.25, 0.3) is 0 Å². The Labute approximate surface area is 101 Å². The van der Waals surface area contributed by atoms with Gasteiger partial charge in [-0.3, -0.25) is 5.10 Å². The largest absolute Gasteiger partial charge is 0.392 e. The second-order valence-electron chi connectivity index (χ2n) is 5.09. The van der Waals surface area contributed by atoms with Crippen LogP contribution in [0.3, 0.4) is 0 Å². The first-order valence-electron chi connectivity index (χ1n) is 5.34. The summed E-state index contributed by atoms with van der Waals surface area (Å²) < 4.78 is 26.6. The van der Waals surface area contributed by atoms with Gasteiger partial charge in [-0.05, 0) is 12.3 Å². The fraction of sp³-hybridized carbons (Fsp3) is 0.700. The number of nitrogens with one attached hydrogen (secondary N) is 2. The van der Waals surface area contributed by atoms with Crippen molar-refractivity contribution in [2.45, 2.75) is 45.4 Å². The van der Waals surface area contributed by atoms with Crippen LogP contribution >= 0.6 is 0 Å². The zero-order valence-corrected chi connectivity index (χ0v) is 11.3. The molecule has 0 aromatic carbocycles. The molecule has 0 bridgehead atoms. The van der Waals surface area contributed by atoms with Crippen LogP contribution in [0.2, 0.25) is 0 Å². The lowest BCUT2D eigenvalue weighted by atomic mass is 9.89. The van der Waals surface area contributed by atoms with Crippen molar-refractivity contribution >= 4 is 10.0 Å². The molecule has 0 spiro atoms. The van der Waals surface area contributed by atoms with E-state index in [4.69, 9.17) is 5.11 Å².